The number of Topliss-reactive ketones (excluding diaryl/α,β-unsaturated/α-hetero) is 1. The molecule has 20 heavy (non-hydrogen) atoms. The van der Waals surface area contributed by atoms with Crippen LogP contribution in [0, 0.1) is 0 Å². The molecule has 2 aromatic carbocycles. The van der Waals surface area contributed by atoms with Gasteiger partial charge in [0.1, 0.15) is 0 Å². The van der Waals surface area contributed by atoms with E-state index in [1.165, 1.54) is 0 Å². The maximum Gasteiger partial charge on any atom is 0.333 e. The molecule has 0 spiro atoms. The van der Waals surface area contributed by atoms with E-state index < -0.39 is 23.8 Å². The lowest BCUT2D eigenvalue weighted by Crippen LogP contribution is -2.33. The van der Waals surface area contributed by atoms with E-state index in [-0.39, 0.29) is 0 Å². The van der Waals surface area contributed by atoms with Crippen LogP contribution in [-0.2, 0) is 4.79 Å². The van der Waals surface area contributed by atoms with Crippen molar-refractivity contribution >= 4 is 11.8 Å². The molecule has 0 heterocycles. The molecular formula is C16H14O4. The van der Waals surface area contributed by atoms with Crippen LogP contribution < -0.4 is 0 Å². The van der Waals surface area contributed by atoms with Gasteiger partial charge in [-0.15, -0.1) is 0 Å². The van der Waals surface area contributed by atoms with Crippen molar-refractivity contribution in [1.29, 1.82) is 0 Å². The molecule has 0 radical (unpaired) electrons. The number of ketones is 1. The summed E-state index contributed by atoms with van der Waals surface area (Å²) in [6.45, 7) is 0. The van der Waals surface area contributed by atoms with Gasteiger partial charge < -0.3 is 10.2 Å². The lowest BCUT2D eigenvalue weighted by Gasteiger charge is -2.19. The van der Waals surface area contributed by atoms with Crippen LogP contribution in [0.3, 0.4) is 0 Å². The first kappa shape index (κ1) is 14.0. The van der Waals surface area contributed by atoms with Crippen LogP contribution in [0.1, 0.15) is 21.8 Å². The van der Waals surface area contributed by atoms with Gasteiger partial charge in [-0.25, -0.2) is 4.79 Å². The Morgan fingerprint density at radius 1 is 0.850 bits per heavy atom. The molecule has 0 aliphatic carbocycles. The largest absolute Gasteiger partial charge is 0.479 e. The Kier molecular flexibility index (Phi) is 4.27. The molecule has 0 fully saturated rings. The topological polar surface area (TPSA) is 74.6 Å². The first-order valence-electron chi connectivity index (χ1n) is 6.16. The lowest BCUT2D eigenvalue weighted by atomic mass is 9.86. The van der Waals surface area contributed by atoms with Crippen LogP contribution in [0.15, 0.2) is 60.7 Å². The number of aliphatic hydroxyl groups excluding tert-OH is 1. The highest BCUT2D eigenvalue weighted by Gasteiger charge is 2.33. The summed E-state index contributed by atoms with van der Waals surface area (Å²) in [6.07, 6.45) is -1.77. The van der Waals surface area contributed by atoms with Crippen molar-refractivity contribution < 1.29 is 19.8 Å². The fourth-order valence-electron chi connectivity index (χ4n) is 2.06. The van der Waals surface area contributed by atoms with E-state index in [1.54, 1.807) is 60.7 Å². The number of aliphatic hydroxyl groups is 1. The SMILES string of the molecule is O=C(O)[C@H](O)[C@@H](C(=O)c1ccccc1)c1ccccc1. The predicted molar refractivity (Wildman–Crippen MR) is 73.6 cm³/mol. The van der Waals surface area contributed by atoms with Gasteiger partial charge in [-0.2, -0.15) is 0 Å². The highest BCUT2D eigenvalue weighted by atomic mass is 16.4. The standard InChI is InChI=1S/C16H14O4/c17-14(12-9-5-2-6-10-12)13(15(18)16(19)20)11-7-3-1-4-8-11/h1-10,13,15,18H,(H,19,20)/t13-,15-/m1/s1. The number of carboxylic acid groups (broad SMARTS) is 1. The molecule has 0 aliphatic heterocycles. The summed E-state index contributed by atoms with van der Waals surface area (Å²) in [6, 6.07) is 16.8. The molecule has 0 aromatic heterocycles. The van der Waals surface area contributed by atoms with Gasteiger partial charge in [0.05, 0.1) is 5.92 Å². The Morgan fingerprint density at radius 3 is 1.85 bits per heavy atom. The molecule has 2 N–H and O–H groups in total. The molecule has 0 saturated heterocycles. The van der Waals surface area contributed by atoms with Gasteiger partial charge in [0, 0.05) is 5.56 Å². The van der Waals surface area contributed by atoms with E-state index in [4.69, 9.17) is 5.11 Å². The molecule has 102 valence electrons. The monoisotopic (exact) mass is 270 g/mol. The van der Waals surface area contributed by atoms with Crippen molar-refractivity contribution in [3.05, 3.63) is 71.8 Å². The molecule has 2 aromatic rings. The van der Waals surface area contributed by atoms with Gasteiger partial charge in [-0.05, 0) is 5.56 Å². The minimum Gasteiger partial charge on any atom is -0.479 e. The van der Waals surface area contributed by atoms with Crippen LogP contribution in [0.25, 0.3) is 0 Å². The second kappa shape index (κ2) is 6.12. The number of aliphatic carboxylic acids is 1. The van der Waals surface area contributed by atoms with Crippen LogP contribution in [0.5, 0.6) is 0 Å². The number of carbonyl (C=O) groups excluding carboxylic acids is 1. The third-order valence-electron chi connectivity index (χ3n) is 3.07. The normalized spacial score (nSPS) is 13.4. The second-order valence-corrected chi connectivity index (χ2v) is 4.40. The van der Waals surface area contributed by atoms with Crippen molar-refractivity contribution in [1.82, 2.24) is 0 Å². The molecule has 0 amide bonds. The summed E-state index contributed by atoms with van der Waals surface area (Å²) in [5, 5.41) is 18.9. The quantitative estimate of drug-likeness (QED) is 0.816. The summed E-state index contributed by atoms with van der Waals surface area (Å²) in [5.41, 5.74) is 0.859. The van der Waals surface area contributed by atoms with Gasteiger partial charge in [0.15, 0.2) is 11.9 Å². The summed E-state index contributed by atoms with van der Waals surface area (Å²) in [7, 11) is 0. The first-order chi connectivity index (χ1) is 9.61. The van der Waals surface area contributed by atoms with Crippen molar-refractivity contribution in [2.24, 2.45) is 0 Å². The number of carboxylic acids is 1. The molecule has 0 bridgehead atoms. The van der Waals surface area contributed by atoms with Gasteiger partial charge in [-0.3, -0.25) is 4.79 Å². The molecule has 0 saturated carbocycles. The highest BCUT2D eigenvalue weighted by Crippen LogP contribution is 2.25. The second-order valence-electron chi connectivity index (χ2n) is 4.40. The summed E-state index contributed by atoms with van der Waals surface area (Å²) < 4.78 is 0. The molecule has 2 rings (SSSR count). The van der Waals surface area contributed by atoms with E-state index in [0.29, 0.717) is 11.1 Å². The Hall–Kier alpha value is -2.46. The summed E-state index contributed by atoms with van der Waals surface area (Å²) in [5.74, 6) is -2.94. The van der Waals surface area contributed by atoms with Crippen LogP contribution >= 0.6 is 0 Å². The predicted octanol–water partition coefficient (Wildman–Crippen LogP) is 2.10. The van der Waals surface area contributed by atoms with E-state index in [2.05, 4.69) is 0 Å². The van der Waals surface area contributed by atoms with Crippen molar-refractivity contribution in [2.45, 2.75) is 12.0 Å². The van der Waals surface area contributed by atoms with E-state index >= 15 is 0 Å². The summed E-state index contributed by atoms with van der Waals surface area (Å²) >= 11 is 0. The van der Waals surface area contributed by atoms with E-state index in [1.807, 2.05) is 0 Å². The molecule has 2 atom stereocenters. The Labute approximate surface area is 116 Å². The third kappa shape index (κ3) is 2.92. The minimum absolute atomic E-state index is 0.377. The number of rotatable bonds is 5. The van der Waals surface area contributed by atoms with E-state index in [9.17, 15) is 14.7 Å². The first-order valence-corrected chi connectivity index (χ1v) is 6.16. The van der Waals surface area contributed by atoms with E-state index in [0.717, 1.165) is 0 Å². The highest BCUT2D eigenvalue weighted by molar-refractivity contribution is 6.03. The molecule has 4 heteroatoms. The molecule has 4 nitrogen and oxygen atoms in total. The van der Waals surface area contributed by atoms with Crippen molar-refractivity contribution in [3.63, 3.8) is 0 Å². The maximum atomic E-state index is 12.5. The van der Waals surface area contributed by atoms with Crippen LogP contribution in [0.4, 0.5) is 0 Å². The van der Waals surface area contributed by atoms with Crippen LogP contribution in [-0.4, -0.2) is 28.1 Å². The van der Waals surface area contributed by atoms with Crippen LogP contribution in [0.2, 0.25) is 0 Å². The number of benzene rings is 2. The average Bonchev–Trinajstić information content (AvgIpc) is 2.49. The number of hydrogen-bond donors (Lipinski definition) is 2. The number of hydrogen-bond acceptors (Lipinski definition) is 3. The zero-order chi connectivity index (χ0) is 14.5. The Balaban J connectivity index is 2.42. The third-order valence-corrected chi connectivity index (χ3v) is 3.07. The zero-order valence-electron chi connectivity index (χ0n) is 10.6. The van der Waals surface area contributed by atoms with Gasteiger partial charge in [-0.1, -0.05) is 60.7 Å². The Morgan fingerprint density at radius 2 is 1.35 bits per heavy atom. The average molecular weight is 270 g/mol. The van der Waals surface area contributed by atoms with Gasteiger partial charge >= 0.3 is 5.97 Å². The maximum absolute atomic E-state index is 12.5. The van der Waals surface area contributed by atoms with Crippen molar-refractivity contribution in [3.8, 4) is 0 Å². The smallest absolute Gasteiger partial charge is 0.333 e. The zero-order valence-corrected chi connectivity index (χ0v) is 10.6. The van der Waals surface area contributed by atoms with Gasteiger partial charge in [0.25, 0.3) is 0 Å². The molecule has 0 aliphatic rings. The lowest BCUT2D eigenvalue weighted by molar-refractivity contribution is -0.147. The Bertz CT molecular complexity index is 592. The molecule has 0 unspecified atom stereocenters. The minimum atomic E-state index is -1.77. The van der Waals surface area contributed by atoms with Crippen molar-refractivity contribution in [2.75, 3.05) is 0 Å². The fourth-order valence-corrected chi connectivity index (χ4v) is 2.06. The van der Waals surface area contributed by atoms with Gasteiger partial charge in [0.2, 0.25) is 0 Å². The fraction of sp³-hybridized carbons (Fsp3) is 0.125. The number of carbonyl (C=O) groups is 2. The molecular weight excluding hydrogens is 256 g/mol. The summed E-state index contributed by atoms with van der Waals surface area (Å²) in [4.78, 5) is 23.5.